The molecule has 0 radical (unpaired) electrons. The maximum Gasteiger partial charge on any atom is 0.407 e. The molecule has 0 spiro atoms. The van der Waals surface area contributed by atoms with E-state index in [-0.39, 0.29) is 37.9 Å². The zero-order chi connectivity index (χ0) is 24.1. The van der Waals surface area contributed by atoms with Crippen LogP contribution in [0.1, 0.15) is 42.7 Å². The average molecular weight is 467 g/mol. The SMILES string of the molecule is CN(C(=O)CCCCNC(=O)OCC1c2ccccc2-c2ccccc21)C1(C(=O)O)CCOC1. The second-order valence-corrected chi connectivity index (χ2v) is 8.80. The molecule has 2 aromatic rings. The first-order valence-corrected chi connectivity index (χ1v) is 11.6. The second-order valence-electron chi connectivity index (χ2n) is 8.80. The van der Waals surface area contributed by atoms with E-state index in [1.165, 1.54) is 23.1 Å². The van der Waals surface area contributed by atoms with Crippen LogP contribution in [0.2, 0.25) is 0 Å². The molecule has 0 saturated carbocycles. The first-order valence-electron chi connectivity index (χ1n) is 11.6. The summed E-state index contributed by atoms with van der Waals surface area (Å²) in [5, 5.41) is 12.3. The van der Waals surface area contributed by atoms with Crippen molar-refractivity contribution in [3.05, 3.63) is 59.7 Å². The van der Waals surface area contributed by atoms with Gasteiger partial charge in [-0.2, -0.15) is 0 Å². The molecule has 1 unspecified atom stereocenters. The minimum absolute atomic E-state index is 0.00688. The second kappa shape index (κ2) is 10.3. The Morgan fingerprint density at radius 1 is 1.09 bits per heavy atom. The summed E-state index contributed by atoms with van der Waals surface area (Å²) in [5.74, 6) is -1.28. The number of hydrogen-bond acceptors (Lipinski definition) is 5. The lowest BCUT2D eigenvalue weighted by Crippen LogP contribution is -2.55. The first kappa shape index (κ1) is 23.8. The van der Waals surface area contributed by atoms with Crippen molar-refractivity contribution in [3.8, 4) is 11.1 Å². The van der Waals surface area contributed by atoms with Gasteiger partial charge in [-0.15, -0.1) is 0 Å². The third kappa shape index (κ3) is 4.63. The van der Waals surface area contributed by atoms with Crippen molar-refractivity contribution in [2.75, 3.05) is 33.4 Å². The minimum Gasteiger partial charge on any atom is -0.479 e. The largest absolute Gasteiger partial charge is 0.479 e. The topological polar surface area (TPSA) is 105 Å². The van der Waals surface area contributed by atoms with Crippen molar-refractivity contribution in [3.63, 3.8) is 0 Å². The number of ether oxygens (including phenoxy) is 2. The molecular weight excluding hydrogens is 436 g/mol. The molecule has 0 aromatic heterocycles. The maximum absolute atomic E-state index is 12.5. The quantitative estimate of drug-likeness (QED) is 0.549. The van der Waals surface area contributed by atoms with Gasteiger partial charge in [0.25, 0.3) is 0 Å². The Morgan fingerprint density at radius 2 is 1.74 bits per heavy atom. The van der Waals surface area contributed by atoms with Crippen LogP contribution in [0.4, 0.5) is 4.79 Å². The van der Waals surface area contributed by atoms with Crippen LogP contribution in [0.5, 0.6) is 0 Å². The number of rotatable bonds is 9. The smallest absolute Gasteiger partial charge is 0.407 e. The number of benzene rings is 2. The van der Waals surface area contributed by atoms with Gasteiger partial charge >= 0.3 is 12.1 Å². The van der Waals surface area contributed by atoms with Crippen LogP contribution in [0.25, 0.3) is 11.1 Å². The Hall–Kier alpha value is -3.39. The van der Waals surface area contributed by atoms with E-state index in [0.717, 1.165) is 11.1 Å². The van der Waals surface area contributed by atoms with E-state index in [2.05, 4.69) is 29.6 Å². The monoisotopic (exact) mass is 466 g/mol. The molecule has 1 heterocycles. The molecule has 2 aromatic carbocycles. The minimum atomic E-state index is -1.28. The molecule has 2 amide bonds. The molecule has 1 saturated heterocycles. The Morgan fingerprint density at radius 3 is 2.32 bits per heavy atom. The summed E-state index contributed by atoms with van der Waals surface area (Å²) in [7, 11) is 1.51. The van der Waals surface area contributed by atoms with E-state index in [1.807, 2.05) is 24.3 Å². The Bertz CT molecular complexity index is 1020. The highest BCUT2D eigenvalue weighted by Gasteiger charge is 2.48. The predicted molar refractivity (Wildman–Crippen MR) is 125 cm³/mol. The number of carbonyl (C=O) groups excluding carboxylic acids is 2. The van der Waals surface area contributed by atoms with Gasteiger partial charge < -0.3 is 24.8 Å². The van der Waals surface area contributed by atoms with E-state index in [0.29, 0.717) is 26.0 Å². The number of unbranched alkanes of at least 4 members (excludes halogenated alkanes) is 1. The molecule has 2 aliphatic rings. The molecule has 180 valence electrons. The molecule has 1 aliphatic carbocycles. The third-order valence-electron chi connectivity index (χ3n) is 6.85. The van der Waals surface area contributed by atoms with Crippen LogP contribution in [0.15, 0.2) is 48.5 Å². The molecule has 34 heavy (non-hydrogen) atoms. The summed E-state index contributed by atoms with van der Waals surface area (Å²) < 4.78 is 10.7. The fraction of sp³-hybridized carbons (Fsp3) is 0.423. The lowest BCUT2D eigenvalue weighted by Gasteiger charge is -2.33. The summed E-state index contributed by atoms with van der Waals surface area (Å²) in [4.78, 5) is 37.7. The summed E-state index contributed by atoms with van der Waals surface area (Å²) in [5.41, 5.74) is 3.39. The number of nitrogens with one attached hydrogen (secondary N) is 1. The van der Waals surface area contributed by atoms with Gasteiger partial charge in [0.05, 0.1) is 6.61 Å². The fourth-order valence-electron chi connectivity index (χ4n) is 4.78. The van der Waals surface area contributed by atoms with Gasteiger partial charge in [0.1, 0.15) is 6.61 Å². The summed E-state index contributed by atoms with van der Waals surface area (Å²) in [6.45, 7) is 0.964. The van der Waals surface area contributed by atoms with Crippen molar-refractivity contribution in [2.45, 2.75) is 37.1 Å². The summed E-state index contributed by atoms with van der Waals surface area (Å²) in [6.07, 6.45) is 1.12. The van der Waals surface area contributed by atoms with Gasteiger partial charge in [0.2, 0.25) is 5.91 Å². The lowest BCUT2D eigenvalue weighted by molar-refractivity contribution is -0.157. The Balaban J connectivity index is 1.19. The number of carbonyl (C=O) groups is 3. The maximum atomic E-state index is 12.5. The normalized spacial score (nSPS) is 18.7. The molecule has 0 bridgehead atoms. The van der Waals surface area contributed by atoms with Crippen molar-refractivity contribution in [1.82, 2.24) is 10.2 Å². The number of carboxylic acids is 1. The molecule has 8 nitrogen and oxygen atoms in total. The lowest BCUT2D eigenvalue weighted by atomic mass is 9.96. The summed E-state index contributed by atoms with van der Waals surface area (Å²) in [6, 6.07) is 16.3. The van der Waals surface area contributed by atoms with E-state index >= 15 is 0 Å². The molecule has 2 N–H and O–H groups in total. The third-order valence-corrected chi connectivity index (χ3v) is 6.85. The highest BCUT2D eigenvalue weighted by Crippen LogP contribution is 2.44. The molecule has 4 rings (SSSR count). The standard InChI is InChI=1S/C26H30N2O6/c1-28(26(24(30)31)13-15-33-17-26)23(29)12-6-7-14-27-25(32)34-16-22-20-10-4-2-8-18(20)19-9-3-5-11-21(19)22/h2-5,8-11,22H,6-7,12-17H2,1H3,(H,27,32)(H,30,31). The van der Waals surface area contributed by atoms with Crippen LogP contribution in [-0.2, 0) is 19.1 Å². The summed E-state index contributed by atoms with van der Waals surface area (Å²) >= 11 is 0. The molecule has 1 atom stereocenters. The zero-order valence-electron chi connectivity index (χ0n) is 19.3. The van der Waals surface area contributed by atoms with Gasteiger partial charge in [-0.3, -0.25) is 4.79 Å². The fourth-order valence-corrected chi connectivity index (χ4v) is 4.78. The average Bonchev–Trinajstić information content (AvgIpc) is 3.46. The van der Waals surface area contributed by atoms with Gasteiger partial charge in [-0.1, -0.05) is 48.5 Å². The molecule has 1 fully saturated rings. The molecule has 8 heteroatoms. The number of amides is 2. The van der Waals surface area contributed by atoms with Crippen LogP contribution >= 0.6 is 0 Å². The number of hydrogen-bond donors (Lipinski definition) is 2. The van der Waals surface area contributed by atoms with Crippen LogP contribution in [0, 0.1) is 0 Å². The highest BCUT2D eigenvalue weighted by atomic mass is 16.5. The number of alkyl carbamates (subject to hydrolysis) is 1. The van der Waals surface area contributed by atoms with Gasteiger partial charge in [-0.25, -0.2) is 9.59 Å². The van der Waals surface area contributed by atoms with E-state index in [1.54, 1.807) is 0 Å². The van der Waals surface area contributed by atoms with Crippen LogP contribution < -0.4 is 5.32 Å². The van der Waals surface area contributed by atoms with E-state index in [4.69, 9.17) is 9.47 Å². The molecular formula is C26H30N2O6. The van der Waals surface area contributed by atoms with Crippen molar-refractivity contribution in [2.24, 2.45) is 0 Å². The number of nitrogens with zero attached hydrogens (tertiary/aromatic N) is 1. The molecule has 1 aliphatic heterocycles. The first-order chi connectivity index (χ1) is 16.4. The Labute approximate surface area is 198 Å². The predicted octanol–water partition coefficient (Wildman–Crippen LogP) is 3.40. The van der Waals surface area contributed by atoms with Crippen molar-refractivity contribution >= 4 is 18.0 Å². The number of likely N-dealkylation sites (N-methyl/N-ethyl adjacent to an activating group) is 1. The van der Waals surface area contributed by atoms with Gasteiger partial charge in [0, 0.05) is 39.0 Å². The van der Waals surface area contributed by atoms with E-state index in [9.17, 15) is 19.5 Å². The van der Waals surface area contributed by atoms with E-state index < -0.39 is 17.6 Å². The van der Waals surface area contributed by atoms with Crippen molar-refractivity contribution in [1.29, 1.82) is 0 Å². The van der Waals surface area contributed by atoms with Crippen LogP contribution in [0.3, 0.4) is 0 Å². The number of carboxylic acid groups (broad SMARTS) is 1. The van der Waals surface area contributed by atoms with Crippen LogP contribution in [-0.4, -0.2) is 66.9 Å². The van der Waals surface area contributed by atoms with Gasteiger partial charge in [0.15, 0.2) is 5.54 Å². The van der Waals surface area contributed by atoms with Gasteiger partial charge in [-0.05, 0) is 35.1 Å². The number of aliphatic carboxylic acids is 1. The zero-order valence-corrected chi connectivity index (χ0v) is 19.3. The highest BCUT2D eigenvalue weighted by molar-refractivity contribution is 5.87. The Kier molecular flexibility index (Phi) is 7.17. The van der Waals surface area contributed by atoms with Crippen molar-refractivity contribution < 1.29 is 29.0 Å². The number of fused-ring (bicyclic) bond motifs is 3.